The lowest BCUT2D eigenvalue weighted by atomic mass is 10.0. The van der Waals surface area contributed by atoms with Crippen LogP contribution in [0.5, 0.6) is 0 Å². The lowest BCUT2D eigenvalue weighted by Gasteiger charge is -2.04. The molecule has 0 aliphatic rings. The molecule has 0 radical (unpaired) electrons. The smallest absolute Gasteiger partial charge is 0.131 e. The molecule has 1 nitrogen and oxygen atoms in total. The van der Waals surface area contributed by atoms with E-state index in [0.717, 1.165) is 12.0 Å². The summed E-state index contributed by atoms with van der Waals surface area (Å²) in [5.74, 6) is 0.611. The molecule has 0 fully saturated rings. The molecular weight excluding hydrogens is 193 g/mol. The van der Waals surface area contributed by atoms with Crippen molar-refractivity contribution in [1.29, 1.82) is 0 Å². The maximum Gasteiger partial charge on any atom is 0.131 e. The van der Waals surface area contributed by atoms with Crippen molar-refractivity contribution in [3.63, 3.8) is 0 Å². The van der Waals surface area contributed by atoms with Crippen LogP contribution in [0, 0.1) is 5.92 Å². The van der Waals surface area contributed by atoms with Crippen LogP contribution in [0.25, 0.3) is 0 Å². The zero-order valence-electron chi connectivity index (χ0n) is 7.14. The molecule has 0 amide bonds. The highest BCUT2D eigenvalue weighted by Crippen LogP contribution is 2.17. The number of hydrogen-bond acceptors (Lipinski definition) is 1. The predicted molar refractivity (Wildman–Crippen MR) is 52.8 cm³/mol. The van der Waals surface area contributed by atoms with Gasteiger partial charge in [0.05, 0.1) is 0 Å². The summed E-state index contributed by atoms with van der Waals surface area (Å²) >= 11 is 11.5. The van der Waals surface area contributed by atoms with E-state index in [1.807, 2.05) is 12.1 Å². The van der Waals surface area contributed by atoms with E-state index < -0.39 is 0 Å². The van der Waals surface area contributed by atoms with Crippen molar-refractivity contribution in [2.24, 2.45) is 5.92 Å². The molecule has 66 valence electrons. The normalized spacial score (nSPS) is 10.8. The number of hydrogen-bond donors (Lipinski definition) is 0. The van der Waals surface area contributed by atoms with Gasteiger partial charge in [-0.25, -0.2) is 4.98 Å². The SMILES string of the molecule is CC(C)Cc1cc(Cl)nc(Cl)c1. The predicted octanol–water partition coefficient (Wildman–Crippen LogP) is 3.59. The molecule has 0 atom stereocenters. The molecule has 12 heavy (non-hydrogen) atoms. The van der Waals surface area contributed by atoms with Crippen LogP contribution in [-0.4, -0.2) is 4.98 Å². The minimum atomic E-state index is 0.471. The standard InChI is InChI=1S/C9H11Cl2N/c1-6(2)3-7-4-8(10)12-9(11)5-7/h4-6H,3H2,1-2H3. The summed E-state index contributed by atoms with van der Waals surface area (Å²) in [5, 5.41) is 0.941. The van der Waals surface area contributed by atoms with Crippen LogP contribution in [0.4, 0.5) is 0 Å². The second-order valence-corrected chi connectivity index (χ2v) is 3.99. The molecule has 1 aromatic heterocycles. The minimum absolute atomic E-state index is 0.471. The molecule has 0 aliphatic heterocycles. The van der Waals surface area contributed by atoms with Gasteiger partial charge in [0.15, 0.2) is 0 Å². The van der Waals surface area contributed by atoms with Gasteiger partial charge in [-0.1, -0.05) is 37.0 Å². The van der Waals surface area contributed by atoms with Crippen molar-refractivity contribution in [3.05, 3.63) is 28.0 Å². The average molecular weight is 204 g/mol. The number of nitrogens with zero attached hydrogens (tertiary/aromatic N) is 1. The van der Waals surface area contributed by atoms with Crippen molar-refractivity contribution in [2.75, 3.05) is 0 Å². The molecule has 0 aliphatic carbocycles. The number of pyridine rings is 1. The first-order chi connectivity index (χ1) is 5.58. The van der Waals surface area contributed by atoms with Crippen LogP contribution < -0.4 is 0 Å². The Kier molecular flexibility index (Phi) is 3.36. The van der Waals surface area contributed by atoms with Crippen molar-refractivity contribution in [3.8, 4) is 0 Å². The lowest BCUT2D eigenvalue weighted by molar-refractivity contribution is 0.647. The first-order valence-electron chi connectivity index (χ1n) is 3.90. The van der Waals surface area contributed by atoms with Crippen LogP contribution in [0.1, 0.15) is 19.4 Å². The summed E-state index contributed by atoms with van der Waals surface area (Å²) in [4.78, 5) is 3.87. The molecule has 0 saturated heterocycles. The van der Waals surface area contributed by atoms with Crippen LogP contribution in [0.15, 0.2) is 12.1 Å². The van der Waals surface area contributed by atoms with Crippen molar-refractivity contribution in [1.82, 2.24) is 4.98 Å². The van der Waals surface area contributed by atoms with Crippen molar-refractivity contribution in [2.45, 2.75) is 20.3 Å². The van der Waals surface area contributed by atoms with E-state index in [2.05, 4.69) is 18.8 Å². The first-order valence-corrected chi connectivity index (χ1v) is 4.65. The molecule has 0 spiro atoms. The number of halogens is 2. The van der Waals surface area contributed by atoms with Gasteiger partial charge < -0.3 is 0 Å². The Morgan fingerprint density at radius 1 is 1.25 bits per heavy atom. The van der Waals surface area contributed by atoms with E-state index in [1.54, 1.807) is 0 Å². The summed E-state index contributed by atoms with van der Waals surface area (Å²) in [6, 6.07) is 3.71. The molecule has 1 heterocycles. The largest absolute Gasteiger partial charge is 0.224 e. The van der Waals surface area contributed by atoms with Crippen molar-refractivity contribution >= 4 is 23.2 Å². The molecule has 0 N–H and O–H groups in total. The molecule has 0 aromatic carbocycles. The summed E-state index contributed by atoms with van der Waals surface area (Å²) in [6.45, 7) is 4.31. The van der Waals surface area contributed by atoms with Gasteiger partial charge in [-0.15, -0.1) is 0 Å². The summed E-state index contributed by atoms with van der Waals surface area (Å²) in [7, 11) is 0. The Balaban J connectivity index is 2.85. The van der Waals surface area contributed by atoms with E-state index in [0.29, 0.717) is 16.2 Å². The molecular formula is C9H11Cl2N. The van der Waals surface area contributed by atoms with Crippen molar-refractivity contribution < 1.29 is 0 Å². The van der Waals surface area contributed by atoms with E-state index >= 15 is 0 Å². The zero-order chi connectivity index (χ0) is 9.14. The lowest BCUT2D eigenvalue weighted by Crippen LogP contribution is -1.94. The Hall–Kier alpha value is -0.270. The van der Waals surface area contributed by atoms with Gasteiger partial charge in [-0.05, 0) is 30.0 Å². The van der Waals surface area contributed by atoms with Gasteiger partial charge in [0.2, 0.25) is 0 Å². The Labute approximate surface area is 82.7 Å². The third kappa shape index (κ3) is 3.00. The first kappa shape index (κ1) is 9.82. The van der Waals surface area contributed by atoms with Crippen LogP contribution in [0.3, 0.4) is 0 Å². The van der Waals surface area contributed by atoms with Gasteiger partial charge >= 0.3 is 0 Å². The maximum atomic E-state index is 5.74. The number of rotatable bonds is 2. The Morgan fingerprint density at radius 2 is 1.75 bits per heavy atom. The van der Waals surface area contributed by atoms with Gasteiger partial charge in [0.25, 0.3) is 0 Å². The van der Waals surface area contributed by atoms with Gasteiger partial charge in [-0.3, -0.25) is 0 Å². The third-order valence-corrected chi connectivity index (χ3v) is 1.85. The summed E-state index contributed by atoms with van der Waals surface area (Å²) in [5.41, 5.74) is 1.15. The molecule has 0 unspecified atom stereocenters. The fraction of sp³-hybridized carbons (Fsp3) is 0.444. The molecule has 3 heteroatoms. The highest BCUT2D eigenvalue weighted by molar-refractivity contribution is 6.32. The van der Waals surface area contributed by atoms with Crippen LogP contribution >= 0.6 is 23.2 Å². The highest BCUT2D eigenvalue weighted by Gasteiger charge is 2.01. The molecule has 1 rings (SSSR count). The third-order valence-electron chi connectivity index (χ3n) is 1.47. The fourth-order valence-corrected chi connectivity index (χ4v) is 1.61. The zero-order valence-corrected chi connectivity index (χ0v) is 8.65. The number of aromatic nitrogens is 1. The summed E-state index contributed by atoms with van der Waals surface area (Å²) in [6.07, 6.45) is 0.988. The van der Waals surface area contributed by atoms with Gasteiger partial charge in [-0.2, -0.15) is 0 Å². The Morgan fingerprint density at radius 3 is 2.17 bits per heavy atom. The molecule has 1 aromatic rings. The van der Waals surface area contributed by atoms with E-state index in [1.165, 1.54) is 0 Å². The Bertz CT molecular complexity index is 251. The second kappa shape index (κ2) is 4.11. The van der Waals surface area contributed by atoms with E-state index in [-0.39, 0.29) is 0 Å². The fourth-order valence-electron chi connectivity index (χ4n) is 1.10. The topological polar surface area (TPSA) is 12.9 Å². The molecule has 0 bridgehead atoms. The van der Waals surface area contributed by atoms with Gasteiger partial charge in [0, 0.05) is 0 Å². The van der Waals surface area contributed by atoms with E-state index in [4.69, 9.17) is 23.2 Å². The maximum absolute atomic E-state index is 5.74. The monoisotopic (exact) mass is 203 g/mol. The quantitative estimate of drug-likeness (QED) is 0.671. The van der Waals surface area contributed by atoms with E-state index in [9.17, 15) is 0 Å². The van der Waals surface area contributed by atoms with Gasteiger partial charge in [0.1, 0.15) is 10.3 Å². The average Bonchev–Trinajstić information content (AvgIpc) is 1.81. The van der Waals surface area contributed by atoms with Crippen LogP contribution in [0.2, 0.25) is 10.3 Å². The van der Waals surface area contributed by atoms with Crippen LogP contribution in [-0.2, 0) is 6.42 Å². The summed E-state index contributed by atoms with van der Waals surface area (Å²) < 4.78 is 0. The molecule has 0 saturated carbocycles. The second-order valence-electron chi connectivity index (χ2n) is 3.22. The highest BCUT2D eigenvalue weighted by atomic mass is 35.5. The minimum Gasteiger partial charge on any atom is -0.224 e.